The molecule has 0 fully saturated rings. The molecule has 46 heavy (non-hydrogen) atoms. The van der Waals surface area contributed by atoms with E-state index in [0.717, 1.165) is 30.0 Å². The Morgan fingerprint density at radius 2 is 1.61 bits per heavy atom. The molecule has 0 radical (unpaired) electrons. The summed E-state index contributed by atoms with van der Waals surface area (Å²) in [5.74, 6) is -1.59. The Balaban J connectivity index is 2.38. The lowest BCUT2D eigenvalue weighted by atomic mass is 9.99. The van der Waals surface area contributed by atoms with Crippen molar-refractivity contribution in [2.45, 2.75) is 71.7 Å². The first-order valence-corrected chi connectivity index (χ1v) is 16.5. The number of benzene rings is 1. The second kappa shape index (κ2) is 17.3. The van der Waals surface area contributed by atoms with E-state index < -0.39 is 27.5 Å². The van der Waals surface area contributed by atoms with Crippen molar-refractivity contribution >= 4 is 33.3 Å². The van der Waals surface area contributed by atoms with Gasteiger partial charge < -0.3 is 19.9 Å². The number of nitriles is 1. The lowest BCUT2D eigenvalue weighted by Crippen LogP contribution is -2.37. The van der Waals surface area contributed by atoms with Gasteiger partial charge in [0.15, 0.2) is 0 Å². The molecule has 1 unspecified atom stereocenters. The maximum absolute atomic E-state index is 13.6. The number of rotatable bonds is 18. The highest BCUT2D eigenvalue weighted by molar-refractivity contribution is 7.89. The average Bonchev–Trinajstić information content (AvgIpc) is 3.02. The first-order chi connectivity index (χ1) is 21.7. The third kappa shape index (κ3) is 9.79. The number of nitrogens with one attached hydrogen (secondary N) is 1. The minimum absolute atomic E-state index is 0.0259. The van der Waals surface area contributed by atoms with Crippen LogP contribution in [0.2, 0.25) is 0 Å². The van der Waals surface area contributed by atoms with Crippen molar-refractivity contribution in [1.82, 2.24) is 8.87 Å². The Morgan fingerprint density at radius 3 is 2.07 bits per heavy atom. The number of aromatic hydroxyl groups is 1. The van der Waals surface area contributed by atoms with E-state index in [2.05, 4.69) is 25.4 Å². The molecule has 0 aliphatic carbocycles. The molecule has 0 saturated heterocycles. The quantitative estimate of drug-likeness (QED) is 0.166. The summed E-state index contributed by atoms with van der Waals surface area (Å²) in [7, 11) is -4.15. The van der Waals surface area contributed by atoms with Crippen LogP contribution in [0.4, 0.5) is 11.4 Å². The molecule has 0 aliphatic heterocycles. The molecule has 12 nitrogen and oxygen atoms in total. The maximum Gasteiger partial charge on any atom is 0.333 e. The van der Waals surface area contributed by atoms with Gasteiger partial charge in [-0.2, -0.15) is 9.57 Å². The van der Waals surface area contributed by atoms with Gasteiger partial charge in [0.2, 0.25) is 15.9 Å². The summed E-state index contributed by atoms with van der Waals surface area (Å²) < 4.78 is 39.5. The molecule has 0 saturated carbocycles. The van der Waals surface area contributed by atoms with Crippen LogP contribution in [0.3, 0.4) is 0 Å². The number of hydrogen-bond donors (Lipinski definition) is 2. The van der Waals surface area contributed by atoms with Crippen LogP contribution in [0.5, 0.6) is 5.88 Å². The van der Waals surface area contributed by atoms with Crippen molar-refractivity contribution in [3.8, 4) is 11.9 Å². The first-order valence-electron chi connectivity index (χ1n) is 15.1. The lowest BCUT2D eigenvalue weighted by Gasteiger charge is -2.22. The topological polar surface area (TPSA) is 168 Å². The summed E-state index contributed by atoms with van der Waals surface area (Å²) in [6.45, 7) is 14.9. The molecule has 0 bridgehead atoms. The first kappa shape index (κ1) is 37.8. The Hall–Kier alpha value is -4.41. The zero-order valence-electron chi connectivity index (χ0n) is 27.2. The van der Waals surface area contributed by atoms with Gasteiger partial charge in [0, 0.05) is 42.0 Å². The largest absolute Gasteiger partial charge is 0.493 e. The van der Waals surface area contributed by atoms with Crippen LogP contribution >= 0.6 is 0 Å². The van der Waals surface area contributed by atoms with E-state index in [1.807, 2.05) is 13.0 Å². The Bertz CT molecular complexity index is 1610. The summed E-state index contributed by atoms with van der Waals surface area (Å²) >= 11 is 0. The highest BCUT2D eigenvalue weighted by atomic mass is 32.2. The molecule has 0 amide bonds. The number of sulfonamides is 1. The highest BCUT2D eigenvalue weighted by Crippen LogP contribution is 2.28. The average molecular weight is 657 g/mol. The van der Waals surface area contributed by atoms with Gasteiger partial charge in [-0.15, -0.1) is 0 Å². The molecule has 2 rings (SSSR count). The predicted octanol–water partition coefficient (Wildman–Crippen LogP) is 4.92. The smallest absolute Gasteiger partial charge is 0.333 e. The van der Waals surface area contributed by atoms with Gasteiger partial charge in [0.05, 0.1) is 4.90 Å². The van der Waals surface area contributed by atoms with Crippen LogP contribution < -0.4 is 10.9 Å². The summed E-state index contributed by atoms with van der Waals surface area (Å²) in [6.07, 6.45) is 3.64. The number of ether oxygens (including phenoxy) is 2. The molecule has 1 aromatic heterocycles. The van der Waals surface area contributed by atoms with Crippen molar-refractivity contribution in [1.29, 1.82) is 5.26 Å². The van der Waals surface area contributed by atoms with E-state index in [1.54, 1.807) is 6.92 Å². The third-order valence-electron chi connectivity index (χ3n) is 7.39. The van der Waals surface area contributed by atoms with Crippen LogP contribution in [-0.4, -0.2) is 60.6 Å². The molecule has 2 aromatic rings. The SMILES string of the molecule is C=C(C)C(=O)OCCN(CCOC(=O)C(=C)C)S(=O)(=O)c1ccc(Nc2c(C)c(C#N)c(O)n(CC(CC)CCCC)c2=O)cc1. The molecule has 0 spiro atoms. The van der Waals surface area contributed by atoms with Crippen molar-refractivity contribution in [2.24, 2.45) is 5.92 Å². The van der Waals surface area contributed by atoms with Crippen molar-refractivity contribution in [3.63, 3.8) is 0 Å². The second-order valence-corrected chi connectivity index (χ2v) is 13.0. The fourth-order valence-electron chi connectivity index (χ4n) is 4.53. The maximum atomic E-state index is 13.6. The standard InChI is InChI=1S/C33H44N4O8S/c1-8-10-11-25(9-2)21-37-30(38)28(20-34)24(7)29(31(37)39)35-26-12-14-27(15-13-26)46(42,43)36(16-18-44-32(40)22(3)4)17-19-45-33(41)23(5)6/h12-15,25,35,38H,3,5,8-11,16-19,21H2,1-2,4,6-7H3. The number of anilines is 2. The summed E-state index contributed by atoms with van der Waals surface area (Å²) in [6, 6.07) is 7.58. The molecule has 2 N–H and O–H groups in total. The van der Waals surface area contributed by atoms with E-state index in [1.165, 1.54) is 42.7 Å². The Kier molecular flexibility index (Phi) is 14.2. The number of carbonyl (C=O) groups is 2. The zero-order valence-corrected chi connectivity index (χ0v) is 28.0. The zero-order chi connectivity index (χ0) is 34.6. The minimum atomic E-state index is -4.15. The molecular weight excluding hydrogens is 612 g/mol. The molecule has 1 heterocycles. The normalized spacial score (nSPS) is 11.8. The second-order valence-electron chi connectivity index (χ2n) is 11.0. The fourth-order valence-corrected chi connectivity index (χ4v) is 5.94. The minimum Gasteiger partial charge on any atom is -0.493 e. The lowest BCUT2D eigenvalue weighted by molar-refractivity contribution is -0.139. The monoisotopic (exact) mass is 656 g/mol. The molecule has 1 atom stereocenters. The number of nitrogens with zero attached hydrogens (tertiary/aromatic N) is 3. The van der Waals surface area contributed by atoms with Crippen molar-refractivity contribution in [2.75, 3.05) is 31.6 Å². The number of aromatic nitrogens is 1. The van der Waals surface area contributed by atoms with E-state index in [0.29, 0.717) is 5.69 Å². The molecule has 13 heteroatoms. The highest BCUT2D eigenvalue weighted by Gasteiger charge is 2.26. The van der Waals surface area contributed by atoms with Gasteiger partial charge in [0.25, 0.3) is 5.56 Å². The van der Waals surface area contributed by atoms with Gasteiger partial charge >= 0.3 is 11.9 Å². The van der Waals surface area contributed by atoms with E-state index in [9.17, 15) is 33.2 Å². The Labute approximate surface area is 271 Å². The van der Waals surface area contributed by atoms with Crippen LogP contribution in [0.25, 0.3) is 0 Å². The van der Waals surface area contributed by atoms with Crippen molar-refractivity contribution < 1.29 is 32.6 Å². The molecular formula is C33H44N4O8S. The van der Waals surface area contributed by atoms with Gasteiger partial charge in [-0.1, -0.05) is 46.3 Å². The van der Waals surface area contributed by atoms with E-state index >= 15 is 0 Å². The van der Waals surface area contributed by atoms with Gasteiger partial charge in [-0.05, 0) is 57.4 Å². The summed E-state index contributed by atoms with van der Waals surface area (Å²) in [5, 5.41) is 23.6. The van der Waals surface area contributed by atoms with Crippen LogP contribution in [0.15, 0.2) is 58.3 Å². The van der Waals surface area contributed by atoms with Crippen LogP contribution in [-0.2, 0) is 35.6 Å². The summed E-state index contributed by atoms with van der Waals surface area (Å²) in [4.78, 5) is 37.1. The van der Waals surface area contributed by atoms with Gasteiger partial charge in [-0.3, -0.25) is 9.36 Å². The number of pyridine rings is 1. The number of unbranched alkanes of at least 4 members (excludes halogenated alkanes) is 1. The summed E-state index contributed by atoms with van der Waals surface area (Å²) in [5.41, 5.74) is 0.520. The van der Waals surface area contributed by atoms with Crippen LogP contribution in [0, 0.1) is 24.2 Å². The third-order valence-corrected chi connectivity index (χ3v) is 9.30. The van der Waals surface area contributed by atoms with E-state index in [-0.39, 0.29) is 77.5 Å². The number of esters is 2. The molecule has 1 aromatic carbocycles. The van der Waals surface area contributed by atoms with Crippen molar-refractivity contribution in [3.05, 3.63) is 70.1 Å². The number of hydrogen-bond acceptors (Lipinski definition) is 10. The molecule has 250 valence electrons. The predicted molar refractivity (Wildman–Crippen MR) is 175 cm³/mol. The number of carbonyl (C=O) groups excluding carboxylic acids is 2. The van der Waals surface area contributed by atoms with Gasteiger partial charge in [-0.25, -0.2) is 18.0 Å². The van der Waals surface area contributed by atoms with E-state index in [4.69, 9.17) is 9.47 Å². The van der Waals surface area contributed by atoms with Gasteiger partial charge in [0.1, 0.15) is 30.5 Å². The Morgan fingerprint density at radius 1 is 1.07 bits per heavy atom. The van der Waals surface area contributed by atoms with Crippen LogP contribution in [0.1, 0.15) is 64.5 Å². The fraction of sp³-hybridized carbons (Fsp3) is 0.455. The molecule has 0 aliphatic rings.